The van der Waals surface area contributed by atoms with E-state index in [1.165, 1.54) is 15.2 Å². The first kappa shape index (κ1) is 6.21. The van der Waals surface area contributed by atoms with Crippen molar-refractivity contribution in [3.05, 3.63) is 30.1 Å². The van der Waals surface area contributed by atoms with E-state index in [1.807, 2.05) is 12.1 Å². The van der Waals surface area contributed by atoms with Gasteiger partial charge in [0.25, 0.3) is 0 Å². The van der Waals surface area contributed by atoms with E-state index < -0.39 is 0 Å². The Morgan fingerprint density at radius 1 is 1.12 bits per heavy atom. The van der Waals surface area contributed by atoms with Crippen molar-refractivity contribution in [2.75, 3.05) is 0 Å². The fourth-order valence-corrected chi connectivity index (χ4v) is 1.40. The van der Waals surface area contributed by atoms with Gasteiger partial charge in [-0.15, -0.1) is 0 Å². The first-order valence-corrected chi connectivity index (χ1v) is 5.11. The molecule has 0 bridgehead atoms. The Balaban J connectivity index is 3.03. The van der Waals surface area contributed by atoms with Crippen LogP contribution in [0, 0.1) is 5.82 Å². The van der Waals surface area contributed by atoms with Crippen LogP contribution in [-0.2, 0) is 26.1 Å². The quantitative estimate of drug-likeness (QED) is 0.627. The third-order valence-corrected chi connectivity index (χ3v) is 2.75. The number of halogens is 1. The molecular formula is C6H4FHg+. The second-order valence-electron chi connectivity index (χ2n) is 1.63. The van der Waals surface area contributed by atoms with E-state index >= 15 is 0 Å². The van der Waals surface area contributed by atoms with E-state index in [0.717, 1.165) is 0 Å². The maximum atomic E-state index is 12.1. The van der Waals surface area contributed by atoms with E-state index in [4.69, 9.17) is 0 Å². The van der Waals surface area contributed by atoms with Crippen molar-refractivity contribution >= 4 is 3.07 Å². The Bertz CT molecular complexity index is 147. The summed E-state index contributed by atoms with van der Waals surface area (Å²) in [7, 11) is 0. The fraction of sp³-hybridized carbons (Fsp3) is 0. The van der Waals surface area contributed by atoms with Crippen molar-refractivity contribution < 1.29 is 30.5 Å². The van der Waals surface area contributed by atoms with Crippen LogP contribution in [0.15, 0.2) is 24.3 Å². The molecule has 0 amide bonds. The first-order chi connectivity index (χ1) is 3.79. The summed E-state index contributed by atoms with van der Waals surface area (Å²) in [5, 5.41) is 0. The van der Waals surface area contributed by atoms with Gasteiger partial charge in [-0.2, -0.15) is 0 Å². The van der Waals surface area contributed by atoms with Gasteiger partial charge in [0.2, 0.25) is 0 Å². The van der Waals surface area contributed by atoms with Crippen molar-refractivity contribution in [2.24, 2.45) is 0 Å². The average Bonchev–Trinajstić information content (AvgIpc) is 1.77. The second-order valence-corrected chi connectivity index (χ2v) is 4.80. The predicted molar refractivity (Wildman–Crippen MR) is 26.0 cm³/mol. The van der Waals surface area contributed by atoms with Gasteiger partial charge in [0.1, 0.15) is 0 Å². The Hall–Kier alpha value is 0.0851. The van der Waals surface area contributed by atoms with Gasteiger partial charge in [0.15, 0.2) is 0 Å². The molecule has 8 heavy (non-hydrogen) atoms. The summed E-state index contributed by atoms with van der Waals surface area (Å²) in [6.45, 7) is 0. The zero-order valence-corrected chi connectivity index (χ0v) is 9.89. The van der Waals surface area contributed by atoms with Gasteiger partial charge in [-0.1, -0.05) is 0 Å². The summed E-state index contributed by atoms with van der Waals surface area (Å²) in [6.07, 6.45) is 0. The Morgan fingerprint density at radius 2 is 1.62 bits per heavy atom. The van der Waals surface area contributed by atoms with E-state index in [2.05, 4.69) is 0 Å². The summed E-state index contributed by atoms with van der Waals surface area (Å²) in [6, 6.07) is 6.67. The van der Waals surface area contributed by atoms with Gasteiger partial charge in [-0.3, -0.25) is 0 Å². The number of hydrogen-bond acceptors (Lipinski definition) is 0. The molecule has 0 aliphatic rings. The van der Waals surface area contributed by atoms with Crippen molar-refractivity contribution in [3.8, 4) is 0 Å². The first-order valence-electron chi connectivity index (χ1n) is 2.36. The predicted octanol–water partition coefficient (Wildman–Crippen LogP) is 0.998. The molecule has 0 heterocycles. The number of hydrogen-bond donors (Lipinski definition) is 0. The molecule has 0 fully saturated rings. The summed E-state index contributed by atoms with van der Waals surface area (Å²) in [4.78, 5) is 0. The minimum atomic E-state index is -0.140. The van der Waals surface area contributed by atoms with Crippen LogP contribution in [0.4, 0.5) is 4.39 Å². The van der Waals surface area contributed by atoms with Crippen molar-refractivity contribution in [2.45, 2.75) is 0 Å². The van der Waals surface area contributed by atoms with Gasteiger partial charge in [-0.05, 0) is 0 Å². The molecule has 2 heteroatoms. The van der Waals surface area contributed by atoms with Crippen LogP contribution in [-0.4, -0.2) is 0 Å². The van der Waals surface area contributed by atoms with Crippen LogP contribution in [0.5, 0.6) is 0 Å². The number of benzene rings is 1. The molecule has 0 saturated heterocycles. The topological polar surface area (TPSA) is 0 Å². The zero-order valence-electron chi connectivity index (χ0n) is 4.39. The Kier molecular flexibility index (Phi) is 2.00. The fourth-order valence-electron chi connectivity index (χ4n) is 0.484. The van der Waals surface area contributed by atoms with E-state index in [1.54, 1.807) is 0 Å². The van der Waals surface area contributed by atoms with Crippen molar-refractivity contribution in [3.63, 3.8) is 0 Å². The van der Waals surface area contributed by atoms with E-state index in [-0.39, 0.29) is 5.82 Å². The Morgan fingerprint density at radius 3 is 2.00 bits per heavy atom. The molecule has 0 aliphatic heterocycles. The van der Waals surface area contributed by atoms with Gasteiger partial charge < -0.3 is 0 Å². The Labute approximate surface area is 63.7 Å². The molecule has 0 N–H and O–H groups in total. The standard InChI is InChI=1S/C6H4F.Hg/c7-6-4-2-1-3-5-6;/h2-5H;/q;+1. The summed E-state index contributed by atoms with van der Waals surface area (Å²) < 4.78 is 13.4. The molecule has 1 rings (SSSR count). The van der Waals surface area contributed by atoms with E-state index in [0.29, 0.717) is 26.1 Å². The molecule has 1 aromatic rings. The van der Waals surface area contributed by atoms with Gasteiger partial charge >= 0.3 is 63.7 Å². The molecule has 0 spiro atoms. The zero-order chi connectivity index (χ0) is 5.98. The third-order valence-electron chi connectivity index (χ3n) is 0.913. The summed E-state index contributed by atoms with van der Waals surface area (Å²) in [5.74, 6) is -0.140. The molecule has 0 saturated carbocycles. The van der Waals surface area contributed by atoms with Crippen LogP contribution in [0.3, 0.4) is 0 Å². The third kappa shape index (κ3) is 1.55. The SMILES string of the molecule is Fc1cc[c]([Hg+])cc1. The van der Waals surface area contributed by atoms with Crippen LogP contribution in [0.2, 0.25) is 0 Å². The van der Waals surface area contributed by atoms with Crippen molar-refractivity contribution in [1.82, 2.24) is 0 Å². The molecule has 0 unspecified atom stereocenters. The second kappa shape index (κ2) is 2.58. The minimum absolute atomic E-state index is 0.140. The molecular weight excluding hydrogens is 292 g/mol. The molecule has 0 radical (unpaired) electrons. The summed E-state index contributed by atoms with van der Waals surface area (Å²) in [5.41, 5.74) is 0. The van der Waals surface area contributed by atoms with Crippen LogP contribution in [0.1, 0.15) is 0 Å². The van der Waals surface area contributed by atoms with Crippen LogP contribution in [0.25, 0.3) is 0 Å². The molecule has 0 aliphatic carbocycles. The van der Waals surface area contributed by atoms with Crippen molar-refractivity contribution in [1.29, 1.82) is 0 Å². The van der Waals surface area contributed by atoms with E-state index in [9.17, 15) is 4.39 Å². The van der Waals surface area contributed by atoms with Gasteiger partial charge in [0, 0.05) is 0 Å². The summed E-state index contributed by atoms with van der Waals surface area (Å²) >= 11 is 0.635. The normalized spacial score (nSPS) is 9.38. The number of rotatable bonds is 0. The van der Waals surface area contributed by atoms with Gasteiger partial charge in [-0.25, -0.2) is 0 Å². The monoisotopic (exact) mass is 297 g/mol. The molecule has 0 nitrogen and oxygen atoms in total. The van der Waals surface area contributed by atoms with Crippen LogP contribution >= 0.6 is 0 Å². The van der Waals surface area contributed by atoms with Crippen LogP contribution < -0.4 is 3.07 Å². The molecule has 0 aromatic heterocycles. The van der Waals surface area contributed by atoms with Gasteiger partial charge in [0.05, 0.1) is 0 Å². The average molecular weight is 296 g/mol. The molecule has 1 aromatic carbocycles. The molecule has 0 atom stereocenters. The maximum absolute atomic E-state index is 12.1. The molecule has 36 valence electrons.